The molecule has 0 radical (unpaired) electrons. The van der Waals surface area contributed by atoms with Crippen LogP contribution in [0.4, 0.5) is 0 Å². The summed E-state index contributed by atoms with van der Waals surface area (Å²) in [5.41, 5.74) is 9.33. The molecule has 1 aromatic heterocycles. The van der Waals surface area contributed by atoms with Crippen LogP contribution in [0.25, 0.3) is 0 Å². The Labute approximate surface area is 293 Å². The number of carbonyl (C=O) groups excluding carboxylic acids is 2. The summed E-state index contributed by atoms with van der Waals surface area (Å²) >= 11 is 0. The summed E-state index contributed by atoms with van der Waals surface area (Å²) in [5.74, 6) is -4.28. The molecule has 5 aromatic rings. The van der Waals surface area contributed by atoms with Crippen LogP contribution < -0.4 is 11.1 Å². The molecule has 9 heteroatoms. The number of hydrogen-bond acceptors (Lipinski definition) is 6. The zero-order chi connectivity index (χ0) is 35.7. The molecule has 4 aromatic carbocycles. The van der Waals surface area contributed by atoms with E-state index in [9.17, 15) is 19.5 Å². The molecule has 4 N–H and O–H groups in total. The summed E-state index contributed by atoms with van der Waals surface area (Å²) in [6, 6.07) is 37.2. The SMILES string of the molecule is CC(C)(C)OC(=O)[C@@H](C(=O)N[C@@H](CCCc1cn(C(c2ccccc2)(c2ccccc2)c2ccccc2)cn1)C(=O)O)[C@@H](N)c1ccccc1. The van der Waals surface area contributed by atoms with Gasteiger partial charge < -0.3 is 25.5 Å². The van der Waals surface area contributed by atoms with E-state index in [1.54, 1.807) is 51.1 Å². The first kappa shape index (κ1) is 35.8. The van der Waals surface area contributed by atoms with Crippen molar-refractivity contribution in [2.45, 2.75) is 63.3 Å². The average Bonchev–Trinajstić information content (AvgIpc) is 3.58. The minimum Gasteiger partial charge on any atom is -0.480 e. The summed E-state index contributed by atoms with van der Waals surface area (Å²) in [6.07, 6.45) is 4.79. The maximum absolute atomic E-state index is 13.6. The summed E-state index contributed by atoms with van der Waals surface area (Å²) in [7, 11) is 0. The van der Waals surface area contributed by atoms with Gasteiger partial charge in [0.1, 0.15) is 17.2 Å². The van der Waals surface area contributed by atoms with Crippen molar-refractivity contribution in [3.63, 3.8) is 0 Å². The number of esters is 1. The van der Waals surface area contributed by atoms with Crippen LogP contribution in [0.5, 0.6) is 0 Å². The molecule has 0 saturated carbocycles. The number of aromatic nitrogens is 2. The Kier molecular flexibility index (Phi) is 11.3. The standard InChI is InChI=1S/C41H44N4O5/c1-40(2,3)50-39(49)35(36(42)29-17-8-4-9-18-29)37(46)44-34(38(47)48)26-16-25-33-27-45(28-43-33)41(30-19-10-5-11-20-30,31-21-12-6-13-22-31)32-23-14-7-15-24-32/h4-15,17-24,27-28,34-36H,16,25-26,42H2,1-3H3,(H,44,46)(H,47,48)/t34-,35+,36-/m0/s1. The molecule has 0 unspecified atom stereocenters. The fourth-order valence-corrected chi connectivity index (χ4v) is 6.32. The van der Waals surface area contributed by atoms with Crippen molar-refractivity contribution in [2.24, 2.45) is 11.7 Å². The third-order valence-corrected chi connectivity index (χ3v) is 8.63. The number of aliphatic carboxylic acids is 1. The highest BCUT2D eigenvalue weighted by molar-refractivity contribution is 6.00. The second-order valence-electron chi connectivity index (χ2n) is 13.3. The Balaban J connectivity index is 1.37. The average molecular weight is 673 g/mol. The Hall–Kier alpha value is -5.54. The number of aryl methyl sites for hydroxylation is 1. The number of carboxylic acid groups (broad SMARTS) is 1. The fourth-order valence-electron chi connectivity index (χ4n) is 6.32. The molecule has 50 heavy (non-hydrogen) atoms. The van der Waals surface area contributed by atoms with Gasteiger partial charge in [-0.3, -0.25) is 9.59 Å². The van der Waals surface area contributed by atoms with Crippen LogP contribution in [0.15, 0.2) is 134 Å². The lowest BCUT2D eigenvalue weighted by atomic mass is 9.77. The molecule has 9 nitrogen and oxygen atoms in total. The number of nitrogens with one attached hydrogen (secondary N) is 1. The molecule has 0 aliphatic carbocycles. The molecule has 0 saturated heterocycles. The van der Waals surface area contributed by atoms with Gasteiger partial charge in [-0.05, 0) is 62.3 Å². The largest absolute Gasteiger partial charge is 0.480 e. The van der Waals surface area contributed by atoms with Gasteiger partial charge in [0.05, 0.1) is 18.1 Å². The molecular weight excluding hydrogens is 628 g/mol. The zero-order valence-electron chi connectivity index (χ0n) is 28.6. The predicted molar refractivity (Wildman–Crippen MR) is 192 cm³/mol. The van der Waals surface area contributed by atoms with Crippen LogP contribution in [-0.2, 0) is 31.1 Å². The Morgan fingerprint density at radius 1 is 0.800 bits per heavy atom. The van der Waals surface area contributed by atoms with Gasteiger partial charge >= 0.3 is 11.9 Å². The van der Waals surface area contributed by atoms with Gasteiger partial charge in [0, 0.05) is 6.20 Å². The van der Waals surface area contributed by atoms with E-state index in [0.29, 0.717) is 18.4 Å². The highest BCUT2D eigenvalue weighted by Gasteiger charge is 2.40. The van der Waals surface area contributed by atoms with E-state index in [1.807, 2.05) is 67.1 Å². The molecule has 258 valence electrons. The van der Waals surface area contributed by atoms with E-state index >= 15 is 0 Å². The smallest absolute Gasteiger partial charge is 0.326 e. The highest BCUT2D eigenvalue weighted by Crippen LogP contribution is 2.40. The molecule has 0 bridgehead atoms. The molecule has 0 fully saturated rings. The van der Waals surface area contributed by atoms with Crippen molar-refractivity contribution < 1.29 is 24.2 Å². The van der Waals surface area contributed by atoms with Crippen LogP contribution >= 0.6 is 0 Å². The maximum atomic E-state index is 13.6. The highest BCUT2D eigenvalue weighted by atomic mass is 16.6. The monoisotopic (exact) mass is 672 g/mol. The second kappa shape index (κ2) is 15.8. The van der Waals surface area contributed by atoms with E-state index in [-0.39, 0.29) is 6.42 Å². The lowest BCUT2D eigenvalue weighted by Gasteiger charge is -2.37. The number of amides is 1. The quantitative estimate of drug-likeness (QED) is 0.0718. The molecule has 0 aliphatic rings. The summed E-state index contributed by atoms with van der Waals surface area (Å²) in [6.45, 7) is 5.08. The van der Waals surface area contributed by atoms with Gasteiger partial charge in [-0.25, -0.2) is 9.78 Å². The predicted octanol–water partition coefficient (Wildman–Crippen LogP) is 6.27. The van der Waals surface area contributed by atoms with Gasteiger partial charge in [-0.15, -0.1) is 0 Å². The molecule has 0 aliphatic heterocycles. The third kappa shape index (κ3) is 8.18. The van der Waals surface area contributed by atoms with E-state index in [2.05, 4.69) is 46.3 Å². The van der Waals surface area contributed by atoms with Crippen molar-refractivity contribution in [3.05, 3.63) is 162 Å². The Morgan fingerprint density at radius 2 is 1.28 bits per heavy atom. The van der Waals surface area contributed by atoms with E-state index < -0.39 is 47.0 Å². The Morgan fingerprint density at radius 3 is 1.74 bits per heavy atom. The second-order valence-corrected chi connectivity index (χ2v) is 13.3. The number of rotatable bonds is 14. The van der Waals surface area contributed by atoms with Crippen LogP contribution in [0.2, 0.25) is 0 Å². The van der Waals surface area contributed by atoms with Crippen LogP contribution in [0, 0.1) is 5.92 Å². The number of imidazole rings is 1. The van der Waals surface area contributed by atoms with Gasteiger partial charge in [-0.2, -0.15) is 0 Å². The lowest BCUT2D eigenvalue weighted by molar-refractivity contribution is -0.164. The topological polar surface area (TPSA) is 137 Å². The molecule has 3 atom stereocenters. The summed E-state index contributed by atoms with van der Waals surface area (Å²) < 4.78 is 7.64. The van der Waals surface area contributed by atoms with E-state index in [0.717, 1.165) is 22.4 Å². The number of nitrogens with zero attached hydrogens (tertiary/aromatic N) is 2. The van der Waals surface area contributed by atoms with Crippen LogP contribution in [-0.4, -0.2) is 44.1 Å². The first-order chi connectivity index (χ1) is 24.0. The van der Waals surface area contributed by atoms with Crippen molar-refractivity contribution in [2.75, 3.05) is 0 Å². The number of benzene rings is 4. The first-order valence-corrected chi connectivity index (χ1v) is 16.8. The summed E-state index contributed by atoms with van der Waals surface area (Å²) in [5, 5.41) is 12.7. The summed E-state index contributed by atoms with van der Waals surface area (Å²) in [4.78, 5) is 43.9. The Bertz CT molecular complexity index is 1760. The number of ether oxygens (including phenoxy) is 1. The molecule has 0 spiro atoms. The molecule has 1 heterocycles. The third-order valence-electron chi connectivity index (χ3n) is 8.63. The number of carboxylic acids is 1. The molecule has 1 amide bonds. The molecular formula is C41H44N4O5. The van der Waals surface area contributed by atoms with E-state index in [1.165, 1.54) is 0 Å². The van der Waals surface area contributed by atoms with Crippen molar-refractivity contribution in [1.29, 1.82) is 0 Å². The van der Waals surface area contributed by atoms with Crippen LogP contribution in [0.3, 0.4) is 0 Å². The van der Waals surface area contributed by atoms with Gasteiger partial charge in [0.2, 0.25) is 5.91 Å². The normalized spacial score (nSPS) is 13.5. The van der Waals surface area contributed by atoms with Crippen molar-refractivity contribution in [3.8, 4) is 0 Å². The number of nitrogens with two attached hydrogens (primary N) is 1. The van der Waals surface area contributed by atoms with Crippen molar-refractivity contribution in [1.82, 2.24) is 14.9 Å². The maximum Gasteiger partial charge on any atom is 0.326 e. The number of carbonyl (C=O) groups is 3. The first-order valence-electron chi connectivity index (χ1n) is 16.8. The van der Waals surface area contributed by atoms with Crippen molar-refractivity contribution >= 4 is 17.8 Å². The minimum absolute atomic E-state index is 0.108. The number of hydrogen-bond donors (Lipinski definition) is 3. The van der Waals surface area contributed by atoms with Gasteiger partial charge in [0.25, 0.3) is 0 Å². The van der Waals surface area contributed by atoms with Gasteiger partial charge in [0.15, 0.2) is 5.92 Å². The van der Waals surface area contributed by atoms with Gasteiger partial charge in [-0.1, -0.05) is 121 Å². The zero-order valence-corrected chi connectivity index (χ0v) is 28.6. The minimum atomic E-state index is -1.45. The van der Waals surface area contributed by atoms with Crippen LogP contribution in [0.1, 0.15) is 67.6 Å². The molecule has 5 rings (SSSR count). The fraction of sp³-hybridized carbons (Fsp3) is 0.268. The van der Waals surface area contributed by atoms with E-state index in [4.69, 9.17) is 15.5 Å². The lowest BCUT2D eigenvalue weighted by Crippen LogP contribution is -2.49.